The Morgan fingerprint density at radius 1 is 1.00 bits per heavy atom. The molecule has 38 heavy (non-hydrogen) atoms. The van der Waals surface area contributed by atoms with E-state index in [1.807, 2.05) is 44.2 Å². The van der Waals surface area contributed by atoms with Gasteiger partial charge in [-0.15, -0.1) is 0 Å². The Labute approximate surface area is 223 Å². The van der Waals surface area contributed by atoms with Gasteiger partial charge < -0.3 is 10.2 Å². The van der Waals surface area contributed by atoms with Crippen LogP contribution in [0.3, 0.4) is 0 Å². The van der Waals surface area contributed by atoms with Crippen molar-refractivity contribution >= 4 is 21.8 Å². The average Bonchev–Trinajstić information content (AvgIpc) is 3.26. The van der Waals surface area contributed by atoms with E-state index in [2.05, 4.69) is 20.2 Å². The number of aromatic nitrogens is 2. The van der Waals surface area contributed by atoms with Gasteiger partial charge in [-0.3, -0.25) is 14.7 Å². The second-order valence-corrected chi connectivity index (χ2v) is 11.9. The van der Waals surface area contributed by atoms with Crippen molar-refractivity contribution in [2.24, 2.45) is 5.92 Å². The summed E-state index contributed by atoms with van der Waals surface area (Å²) in [5, 5.41) is 10.0. The van der Waals surface area contributed by atoms with Gasteiger partial charge in [0.05, 0.1) is 16.6 Å². The third-order valence-corrected chi connectivity index (χ3v) is 9.17. The van der Waals surface area contributed by atoms with Crippen molar-refractivity contribution in [1.29, 1.82) is 0 Å². The van der Waals surface area contributed by atoms with Crippen LogP contribution in [0.15, 0.2) is 59.5 Å². The van der Waals surface area contributed by atoms with E-state index in [1.54, 1.807) is 29.2 Å². The van der Waals surface area contributed by atoms with E-state index in [4.69, 9.17) is 0 Å². The van der Waals surface area contributed by atoms with Gasteiger partial charge in [0.25, 0.3) is 0 Å². The number of piperazine rings is 1. The van der Waals surface area contributed by atoms with Gasteiger partial charge in [-0.1, -0.05) is 42.5 Å². The number of carbonyl (C=O) groups excluding carboxylic acids is 2. The molecule has 2 aliphatic rings. The summed E-state index contributed by atoms with van der Waals surface area (Å²) in [6, 6.07) is 16.1. The standard InChI is InChI=1S/C28H33N5O4S/c1-18-27(19(2)31-30-18)21-10-14-24(15-11-21)38(36,37)32-23-12-8-22(9-13-23)28(35)33-17-26(34)29-16-25(33)20-6-4-3-5-7-20/h3-7,10-11,14-15,22-23,25,32H,8-9,12-13,16-17H2,1-2H3,(H,29,34)(H,30,31)/t22-,23-,25-/m1/s1. The first-order chi connectivity index (χ1) is 18.2. The van der Waals surface area contributed by atoms with Crippen molar-refractivity contribution in [2.75, 3.05) is 13.1 Å². The Hall–Kier alpha value is -3.50. The predicted molar refractivity (Wildman–Crippen MR) is 143 cm³/mol. The maximum Gasteiger partial charge on any atom is 0.240 e. The third-order valence-electron chi connectivity index (χ3n) is 7.63. The number of aromatic amines is 1. The number of hydrogen-bond donors (Lipinski definition) is 3. The topological polar surface area (TPSA) is 124 Å². The predicted octanol–water partition coefficient (Wildman–Crippen LogP) is 3.23. The number of nitrogens with one attached hydrogen (secondary N) is 3. The molecule has 0 bridgehead atoms. The molecule has 2 amide bonds. The van der Waals surface area contributed by atoms with Crippen molar-refractivity contribution in [3.63, 3.8) is 0 Å². The van der Waals surface area contributed by atoms with E-state index < -0.39 is 10.0 Å². The van der Waals surface area contributed by atoms with Crippen molar-refractivity contribution in [3.8, 4) is 11.1 Å². The summed E-state index contributed by atoms with van der Waals surface area (Å²) in [5.41, 5.74) is 4.68. The van der Waals surface area contributed by atoms with Crippen LogP contribution in [0.4, 0.5) is 0 Å². The fraction of sp³-hybridized carbons (Fsp3) is 0.393. The minimum absolute atomic E-state index is 0.0320. The van der Waals surface area contributed by atoms with Crippen LogP contribution in [0.2, 0.25) is 0 Å². The molecule has 2 heterocycles. The van der Waals surface area contributed by atoms with Crippen molar-refractivity contribution in [3.05, 3.63) is 71.5 Å². The second-order valence-electron chi connectivity index (χ2n) is 10.2. The van der Waals surface area contributed by atoms with Gasteiger partial charge in [0.1, 0.15) is 6.54 Å². The van der Waals surface area contributed by atoms with Crippen LogP contribution >= 0.6 is 0 Å². The SMILES string of the molecule is Cc1n[nH]c(C)c1-c1ccc(S(=O)(=O)N[C@H]2CC[C@H](C(=O)N3CC(=O)NC[C@@H]3c3ccccc3)CC2)cc1. The summed E-state index contributed by atoms with van der Waals surface area (Å²) in [4.78, 5) is 27.5. The normalized spacial score (nSPS) is 22.2. The van der Waals surface area contributed by atoms with E-state index in [-0.39, 0.29) is 41.3 Å². The summed E-state index contributed by atoms with van der Waals surface area (Å²) >= 11 is 0. The van der Waals surface area contributed by atoms with E-state index in [0.29, 0.717) is 32.2 Å². The molecular formula is C28H33N5O4S. The highest BCUT2D eigenvalue weighted by molar-refractivity contribution is 7.89. The quantitative estimate of drug-likeness (QED) is 0.447. The second kappa shape index (κ2) is 10.7. The molecule has 1 aliphatic carbocycles. The van der Waals surface area contributed by atoms with Crippen molar-refractivity contribution in [2.45, 2.75) is 56.5 Å². The molecule has 2 aromatic carbocycles. The molecule has 3 N–H and O–H groups in total. The Morgan fingerprint density at radius 3 is 2.32 bits per heavy atom. The number of aryl methyl sites for hydroxylation is 2. The first-order valence-electron chi connectivity index (χ1n) is 13.0. The molecule has 200 valence electrons. The fourth-order valence-electron chi connectivity index (χ4n) is 5.60. The molecule has 2 fully saturated rings. The van der Waals surface area contributed by atoms with Crippen LogP contribution < -0.4 is 10.0 Å². The largest absolute Gasteiger partial charge is 0.352 e. The molecule has 1 aliphatic heterocycles. The van der Waals surface area contributed by atoms with Gasteiger partial charge in [-0.2, -0.15) is 5.10 Å². The smallest absolute Gasteiger partial charge is 0.240 e. The zero-order valence-corrected chi connectivity index (χ0v) is 22.4. The van der Waals surface area contributed by atoms with Crippen molar-refractivity contribution in [1.82, 2.24) is 25.1 Å². The lowest BCUT2D eigenvalue weighted by Crippen LogP contribution is -2.54. The molecule has 1 atom stereocenters. The molecule has 1 saturated heterocycles. The van der Waals surface area contributed by atoms with Crippen LogP contribution in [0.5, 0.6) is 0 Å². The minimum Gasteiger partial charge on any atom is -0.352 e. The molecule has 1 saturated carbocycles. The summed E-state index contributed by atoms with van der Waals surface area (Å²) in [6.45, 7) is 4.28. The van der Waals surface area contributed by atoms with Gasteiger partial charge in [0, 0.05) is 29.8 Å². The van der Waals surface area contributed by atoms with Crippen LogP contribution in [0.1, 0.15) is 48.7 Å². The lowest BCUT2D eigenvalue weighted by atomic mass is 9.85. The number of nitrogens with zero attached hydrogens (tertiary/aromatic N) is 2. The zero-order chi connectivity index (χ0) is 26.9. The number of hydrogen-bond acceptors (Lipinski definition) is 5. The van der Waals surface area contributed by atoms with E-state index in [1.165, 1.54) is 0 Å². The Morgan fingerprint density at radius 2 is 1.68 bits per heavy atom. The third kappa shape index (κ3) is 5.37. The lowest BCUT2D eigenvalue weighted by molar-refractivity contribution is -0.145. The highest BCUT2D eigenvalue weighted by Crippen LogP contribution is 2.32. The van der Waals surface area contributed by atoms with E-state index in [0.717, 1.165) is 28.1 Å². The van der Waals surface area contributed by atoms with Crippen LogP contribution in [-0.2, 0) is 19.6 Å². The molecule has 0 spiro atoms. The van der Waals surface area contributed by atoms with Gasteiger partial charge >= 0.3 is 0 Å². The number of H-pyrrole nitrogens is 1. The molecule has 0 unspecified atom stereocenters. The Bertz CT molecular complexity index is 1390. The Kier molecular flexibility index (Phi) is 7.36. The van der Waals surface area contributed by atoms with Crippen molar-refractivity contribution < 1.29 is 18.0 Å². The minimum atomic E-state index is -3.70. The summed E-state index contributed by atoms with van der Waals surface area (Å²) in [5.74, 6) is -0.417. The maximum absolute atomic E-state index is 13.5. The average molecular weight is 536 g/mol. The number of rotatable bonds is 6. The molecule has 1 aromatic heterocycles. The molecule has 5 rings (SSSR count). The lowest BCUT2D eigenvalue weighted by Gasteiger charge is -2.39. The van der Waals surface area contributed by atoms with Crippen LogP contribution in [-0.4, -0.2) is 54.5 Å². The maximum atomic E-state index is 13.5. The number of carbonyl (C=O) groups is 2. The molecule has 9 nitrogen and oxygen atoms in total. The first kappa shape index (κ1) is 26.1. The van der Waals surface area contributed by atoms with Crippen LogP contribution in [0, 0.1) is 19.8 Å². The first-order valence-corrected chi connectivity index (χ1v) is 14.5. The number of amides is 2. The number of benzene rings is 2. The monoisotopic (exact) mass is 535 g/mol. The highest BCUT2D eigenvalue weighted by atomic mass is 32.2. The molecule has 3 aromatic rings. The van der Waals surface area contributed by atoms with Gasteiger partial charge in [-0.25, -0.2) is 13.1 Å². The summed E-state index contributed by atoms with van der Waals surface area (Å²) in [6.07, 6.45) is 2.28. The zero-order valence-electron chi connectivity index (χ0n) is 21.6. The number of sulfonamides is 1. The summed E-state index contributed by atoms with van der Waals surface area (Å²) in [7, 11) is -3.70. The van der Waals surface area contributed by atoms with Gasteiger partial charge in [-0.05, 0) is 62.8 Å². The van der Waals surface area contributed by atoms with Gasteiger partial charge in [0.2, 0.25) is 21.8 Å². The Balaban J connectivity index is 1.21. The fourth-order valence-corrected chi connectivity index (χ4v) is 6.91. The molecule has 0 radical (unpaired) electrons. The molecule has 10 heteroatoms. The summed E-state index contributed by atoms with van der Waals surface area (Å²) < 4.78 is 29.0. The van der Waals surface area contributed by atoms with Gasteiger partial charge in [0.15, 0.2) is 0 Å². The molecular weight excluding hydrogens is 502 g/mol. The highest BCUT2D eigenvalue weighted by Gasteiger charge is 2.37. The van der Waals surface area contributed by atoms with Crippen LogP contribution in [0.25, 0.3) is 11.1 Å². The van der Waals surface area contributed by atoms with E-state index in [9.17, 15) is 18.0 Å². The van der Waals surface area contributed by atoms with E-state index >= 15 is 0 Å².